The second-order valence-electron chi connectivity index (χ2n) is 11.4. The Morgan fingerprint density at radius 3 is 2.40 bits per heavy atom. The first-order valence-electron chi connectivity index (χ1n) is 14.5. The molecule has 6 nitrogen and oxygen atoms in total. The summed E-state index contributed by atoms with van der Waals surface area (Å²) in [7, 11) is 4.09. The van der Waals surface area contributed by atoms with Crippen LogP contribution in [0.2, 0.25) is 0 Å². The van der Waals surface area contributed by atoms with Crippen LogP contribution in [0.5, 0.6) is 0 Å². The Kier molecular flexibility index (Phi) is 13.3. The lowest BCUT2D eigenvalue weighted by Gasteiger charge is -2.38. The van der Waals surface area contributed by atoms with E-state index >= 15 is 0 Å². The molecule has 3 atom stereocenters. The molecule has 202 valence electrons. The molecule has 2 fully saturated rings. The van der Waals surface area contributed by atoms with E-state index in [1.54, 1.807) is 0 Å². The van der Waals surface area contributed by atoms with Gasteiger partial charge >= 0.3 is 5.97 Å². The van der Waals surface area contributed by atoms with Crippen molar-refractivity contribution < 1.29 is 14.3 Å². The van der Waals surface area contributed by atoms with Crippen molar-refractivity contribution in [3.05, 3.63) is 0 Å². The highest BCUT2D eigenvalue weighted by atomic mass is 16.6. The van der Waals surface area contributed by atoms with Crippen LogP contribution in [0.3, 0.4) is 0 Å². The van der Waals surface area contributed by atoms with Crippen molar-refractivity contribution in [3.8, 4) is 0 Å². The molecule has 2 rings (SSSR count). The average molecular weight is 492 g/mol. The van der Waals surface area contributed by atoms with Crippen molar-refractivity contribution in [2.45, 2.75) is 111 Å². The molecule has 0 aliphatic heterocycles. The molecular formula is C29H53N3O3. The normalized spacial score (nSPS) is 23.7. The van der Waals surface area contributed by atoms with Crippen LogP contribution < -0.4 is 5.32 Å². The largest absolute Gasteiger partial charge is 0.393 e. The van der Waals surface area contributed by atoms with Crippen LogP contribution in [0.1, 0.15) is 111 Å². The number of ketones is 1. The van der Waals surface area contributed by atoms with Gasteiger partial charge in [-0.05, 0) is 83.3 Å². The van der Waals surface area contributed by atoms with E-state index in [0.29, 0.717) is 37.2 Å². The summed E-state index contributed by atoms with van der Waals surface area (Å²) in [4.78, 5) is 33.2. The molecule has 35 heavy (non-hydrogen) atoms. The van der Waals surface area contributed by atoms with Crippen molar-refractivity contribution in [1.29, 1.82) is 0 Å². The third-order valence-electron chi connectivity index (χ3n) is 8.50. The van der Waals surface area contributed by atoms with Crippen molar-refractivity contribution in [2.24, 2.45) is 28.2 Å². The van der Waals surface area contributed by atoms with Crippen molar-refractivity contribution >= 4 is 17.8 Å². The first-order chi connectivity index (χ1) is 16.8. The van der Waals surface area contributed by atoms with Gasteiger partial charge in [0.15, 0.2) is 0 Å². The van der Waals surface area contributed by atoms with E-state index in [2.05, 4.69) is 29.1 Å². The standard InChI is InChI=1S/C29H53N3O3/c1-6-25(27(34)35-28(30-8-3)31-19-14-20-32(4)5)26-16-11-10-15-23(26)21-24(33)22-29(7-2)17-12-9-13-18-29/h23,25-26H,6-22H2,1-5H3,(H,30,31)/t23-,25+,26-/m1/s1. The highest BCUT2D eigenvalue weighted by Crippen LogP contribution is 2.44. The number of hydrogen-bond acceptors (Lipinski definition) is 5. The fraction of sp³-hybridized carbons (Fsp3) is 0.897. The predicted molar refractivity (Wildman–Crippen MR) is 145 cm³/mol. The number of hydrogen-bond donors (Lipinski definition) is 1. The molecule has 2 aliphatic rings. The zero-order chi connectivity index (χ0) is 25.7. The lowest BCUT2D eigenvalue weighted by atomic mass is 9.66. The summed E-state index contributed by atoms with van der Waals surface area (Å²) in [5, 5.41) is 3.12. The van der Waals surface area contributed by atoms with Crippen molar-refractivity contribution in [2.75, 3.05) is 33.7 Å². The molecule has 2 saturated carbocycles. The lowest BCUT2D eigenvalue weighted by Crippen LogP contribution is -2.38. The van der Waals surface area contributed by atoms with Crippen molar-refractivity contribution in [1.82, 2.24) is 10.2 Å². The van der Waals surface area contributed by atoms with E-state index < -0.39 is 0 Å². The fourth-order valence-electron chi connectivity index (χ4n) is 6.42. The third-order valence-corrected chi connectivity index (χ3v) is 8.50. The average Bonchev–Trinajstić information content (AvgIpc) is 2.83. The van der Waals surface area contributed by atoms with Gasteiger partial charge in [-0.3, -0.25) is 9.59 Å². The summed E-state index contributed by atoms with van der Waals surface area (Å²) < 4.78 is 5.81. The number of nitrogens with zero attached hydrogens (tertiary/aromatic N) is 2. The number of ether oxygens (including phenoxy) is 1. The van der Waals surface area contributed by atoms with Crippen LogP contribution >= 0.6 is 0 Å². The van der Waals surface area contributed by atoms with Gasteiger partial charge in [0, 0.05) is 25.9 Å². The number of Topliss-reactive ketones (excluding diaryl/α,β-unsaturated/α-hetero) is 1. The zero-order valence-corrected chi connectivity index (χ0v) is 23.4. The number of nitrogens with one attached hydrogen (secondary N) is 1. The van der Waals surface area contributed by atoms with Crippen LogP contribution in [0.15, 0.2) is 4.99 Å². The van der Waals surface area contributed by atoms with Crippen LogP contribution in [0.25, 0.3) is 0 Å². The molecule has 0 aromatic carbocycles. The monoisotopic (exact) mass is 491 g/mol. The summed E-state index contributed by atoms with van der Waals surface area (Å²) in [6, 6.07) is 0.348. The van der Waals surface area contributed by atoms with Gasteiger partial charge in [-0.2, -0.15) is 0 Å². The summed E-state index contributed by atoms with van der Waals surface area (Å²) >= 11 is 0. The Morgan fingerprint density at radius 2 is 1.77 bits per heavy atom. The van der Waals surface area contributed by atoms with E-state index in [0.717, 1.165) is 57.9 Å². The number of aliphatic imine (C=N–C) groups is 1. The predicted octanol–water partition coefficient (Wildman–Crippen LogP) is 5.99. The fourth-order valence-corrected chi connectivity index (χ4v) is 6.42. The maximum Gasteiger partial charge on any atom is 0.316 e. The number of carbonyl (C=O) groups is 2. The Hall–Kier alpha value is -1.43. The van der Waals surface area contributed by atoms with Gasteiger partial charge in [0.2, 0.25) is 0 Å². The molecule has 0 bridgehead atoms. The van der Waals surface area contributed by atoms with E-state index in [1.807, 2.05) is 21.0 Å². The molecule has 6 heteroatoms. The Morgan fingerprint density at radius 1 is 1.06 bits per heavy atom. The van der Waals surface area contributed by atoms with Crippen molar-refractivity contribution in [3.63, 3.8) is 0 Å². The number of rotatable bonds is 13. The highest BCUT2D eigenvalue weighted by Gasteiger charge is 2.39. The number of esters is 1. The van der Waals surface area contributed by atoms with E-state index in [9.17, 15) is 9.59 Å². The maximum atomic E-state index is 13.3. The van der Waals surface area contributed by atoms with Gasteiger partial charge in [0.25, 0.3) is 6.02 Å². The Balaban J connectivity index is 2.01. The van der Waals surface area contributed by atoms with E-state index in [4.69, 9.17) is 4.74 Å². The van der Waals surface area contributed by atoms with Crippen LogP contribution in [0.4, 0.5) is 0 Å². The van der Waals surface area contributed by atoms with Crippen LogP contribution in [-0.2, 0) is 14.3 Å². The molecule has 0 aromatic heterocycles. The molecule has 2 aliphatic carbocycles. The molecule has 0 amide bonds. The minimum absolute atomic E-state index is 0.173. The summed E-state index contributed by atoms with van der Waals surface area (Å²) in [5.74, 6) is 0.594. The first-order valence-corrected chi connectivity index (χ1v) is 14.5. The second kappa shape index (κ2) is 15.6. The highest BCUT2D eigenvalue weighted by molar-refractivity contribution is 5.88. The van der Waals surface area contributed by atoms with Gasteiger partial charge in [-0.15, -0.1) is 0 Å². The summed E-state index contributed by atoms with van der Waals surface area (Å²) in [6.07, 6.45) is 14.8. The molecule has 0 saturated heterocycles. The lowest BCUT2D eigenvalue weighted by molar-refractivity contribution is -0.144. The molecule has 0 spiro atoms. The number of carbonyl (C=O) groups excluding carboxylic acids is 2. The maximum absolute atomic E-state index is 13.3. The third kappa shape index (κ3) is 9.86. The molecular weight excluding hydrogens is 438 g/mol. The van der Waals surface area contributed by atoms with Gasteiger partial charge in [-0.25, -0.2) is 4.99 Å². The van der Waals surface area contributed by atoms with Gasteiger partial charge in [-0.1, -0.05) is 52.4 Å². The van der Waals surface area contributed by atoms with Gasteiger partial charge in [0.1, 0.15) is 5.78 Å². The van der Waals surface area contributed by atoms with Gasteiger partial charge in [0.05, 0.1) is 5.92 Å². The molecule has 0 heterocycles. The SMILES string of the molecule is CCNC(=NCCCN(C)C)OC(=O)[C@@H](CC)[C@@H]1CCCC[C@@H]1CC(=O)CC1(CC)CCCCC1. The molecule has 0 unspecified atom stereocenters. The smallest absolute Gasteiger partial charge is 0.316 e. The number of amidine groups is 1. The topological polar surface area (TPSA) is 71.0 Å². The molecule has 1 N–H and O–H groups in total. The van der Waals surface area contributed by atoms with E-state index in [1.165, 1.54) is 32.1 Å². The Bertz CT molecular complexity index is 670. The quantitative estimate of drug-likeness (QED) is 0.148. The molecule has 0 radical (unpaired) electrons. The van der Waals surface area contributed by atoms with Crippen LogP contribution in [-0.4, -0.2) is 56.4 Å². The Labute approximate surface area is 215 Å². The second-order valence-corrected chi connectivity index (χ2v) is 11.4. The minimum Gasteiger partial charge on any atom is -0.393 e. The molecule has 0 aromatic rings. The van der Waals surface area contributed by atoms with E-state index in [-0.39, 0.29) is 23.2 Å². The van der Waals surface area contributed by atoms with Gasteiger partial charge < -0.3 is 15.0 Å². The zero-order valence-electron chi connectivity index (χ0n) is 23.4. The summed E-state index contributed by atoms with van der Waals surface area (Å²) in [6.45, 7) is 8.56. The first kappa shape index (κ1) is 29.8. The minimum atomic E-state index is -0.179. The summed E-state index contributed by atoms with van der Waals surface area (Å²) in [5.41, 5.74) is 0.229. The van der Waals surface area contributed by atoms with Crippen LogP contribution in [0, 0.1) is 23.2 Å².